The lowest BCUT2D eigenvalue weighted by atomic mass is 10.2. The second-order valence-electron chi connectivity index (χ2n) is 5.75. The van der Waals surface area contributed by atoms with Crippen molar-refractivity contribution in [3.8, 4) is 11.5 Å². The molecule has 1 amide bonds. The molecule has 0 fully saturated rings. The van der Waals surface area contributed by atoms with E-state index in [1.54, 1.807) is 12.1 Å². The van der Waals surface area contributed by atoms with Crippen molar-refractivity contribution in [1.29, 1.82) is 0 Å². The second-order valence-corrected chi connectivity index (χ2v) is 7.08. The van der Waals surface area contributed by atoms with Gasteiger partial charge in [0.1, 0.15) is 18.1 Å². The number of benzene rings is 2. The van der Waals surface area contributed by atoms with Crippen LogP contribution in [0.4, 0.5) is 5.69 Å². The fraction of sp³-hybridized carbons (Fsp3) is 0.200. The van der Waals surface area contributed by atoms with E-state index in [4.69, 9.17) is 21.7 Å². The molecule has 0 spiro atoms. The summed E-state index contributed by atoms with van der Waals surface area (Å²) in [6.07, 6.45) is 0. The van der Waals surface area contributed by atoms with Gasteiger partial charge in [-0.25, -0.2) is 0 Å². The van der Waals surface area contributed by atoms with Crippen LogP contribution < -0.4 is 20.1 Å². The van der Waals surface area contributed by atoms with E-state index in [2.05, 4.69) is 33.1 Å². The number of hydrogen-bond donors (Lipinski definition) is 2. The average Bonchev–Trinajstić information content (AvgIpc) is 2.62. The molecule has 0 atom stereocenters. The maximum absolute atomic E-state index is 12.5. The van der Waals surface area contributed by atoms with Crippen LogP contribution in [0.1, 0.15) is 24.2 Å². The van der Waals surface area contributed by atoms with Gasteiger partial charge in [-0.05, 0) is 74.1 Å². The Morgan fingerprint density at radius 1 is 1.19 bits per heavy atom. The Hall–Kier alpha value is -2.38. The number of ether oxygens (including phenoxy) is 2. The monoisotopic (exact) mass is 448 g/mol. The highest BCUT2D eigenvalue weighted by Gasteiger charge is 2.14. The lowest BCUT2D eigenvalue weighted by Gasteiger charge is -2.13. The zero-order valence-electron chi connectivity index (χ0n) is 15.2. The number of thiocarbonyl (C=S) groups is 1. The van der Waals surface area contributed by atoms with Gasteiger partial charge < -0.3 is 14.8 Å². The van der Waals surface area contributed by atoms with E-state index in [0.29, 0.717) is 24.5 Å². The summed E-state index contributed by atoms with van der Waals surface area (Å²) in [6.45, 7) is 8.49. The molecule has 0 unspecified atom stereocenters. The number of hydrogen-bond acceptors (Lipinski definition) is 4. The lowest BCUT2D eigenvalue weighted by molar-refractivity contribution is 0.0974. The normalized spacial score (nSPS) is 10.0. The molecule has 0 aliphatic carbocycles. The Kier molecular flexibility index (Phi) is 7.82. The Labute approximate surface area is 172 Å². The minimum absolute atomic E-state index is 0.193. The fourth-order valence-electron chi connectivity index (χ4n) is 2.13. The molecule has 0 aliphatic heterocycles. The molecule has 2 N–H and O–H groups in total. The molecule has 2 aromatic carbocycles. The first kappa shape index (κ1) is 20.9. The number of carbonyl (C=O) groups excluding carboxylic acids is 1. The highest BCUT2D eigenvalue weighted by Crippen LogP contribution is 2.23. The van der Waals surface area contributed by atoms with Gasteiger partial charge in [0, 0.05) is 10.2 Å². The number of carbonyl (C=O) groups is 1. The predicted molar refractivity (Wildman–Crippen MR) is 116 cm³/mol. The highest BCUT2D eigenvalue weighted by atomic mass is 79.9. The van der Waals surface area contributed by atoms with Crippen LogP contribution in [0, 0.1) is 0 Å². The molecule has 0 bridgehead atoms. The van der Waals surface area contributed by atoms with Gasteiger partial charge in [0.25, 0.3) is 5.91 Å². The van der Waals surface area contributed by atoms with Gasteiger partial charge in [0.05, 0.1) is 12.2 Å². The molecule has 0 heterocycles. The minimum Gasteiger partial charge on any atom is -0.493 e. The summed E-state index contributed by atoms with van der Waals surface area (Å²) in [5.41, 5.74) is 2.08. The summed E-state index contributed by atoms with van der Waals surface area (Å²) in [5, 5.41) is 5.83. The summed E-state index contributed by atoms with van der Waals surface area (Å²) in [5.74, 6) is 0.882. The van der Waals surface area contributed by atoms with Gasteiger partial charge in [0.2, 0.25) is 0 Å². The number of halogens is 1. The summed E-state index contributed by atoms with van der Waals surface area (Å²) in [4.78, 5) is 12.5. The topological polar surface area (TPSA) is 59.6 Å². The first-order valence-electron chi connectivity index (χ1n) is 8.31. The molecule has 0 radical (unpaired) electrons. The molecule has 5 nitrogen and oxygen atoms in total. The van der Waals surface area contributed by atoms with Crippen molar-refractivity contribution >= 4 is 44.9 Å². The standard InChI is InChI=1S/C20H21BrN2O3S/c1-4-25-18-10-5-14(21)11-17(18)19(24)23-20(27)22-15-6-8-16(9-7-15)26-12-13(2)3/h5-11H,2,4,12H2,1,3H3,(H2,22,23,24,27). The fourth-order valence-corrected chi connectivity index (χ4v) is 2.71. The van der Waals surface area contributed by atoms with Crippen molar-refractivity contribution in [1.82, 2.24) is 5.32 Å². The number of nitrogens with one attached hydrogen (secondary N) is 2. The van der Waals surface area contributed by atoms with Gasteiger partial charge in [-0.15, -0.1) is 0 Å². The molecule has 0 saturated carbocycles. The van der Waals surface area contributed by atoms with Gasteiger partial charge in [-0.3, -0.25) is 10.1 Å². The van der Waals surface area contributed by atoms with E-state index in [9.17, 15) is 4.79 Å². The summed E-state index contributed by atoms with van der Waals surface area (Å²) >= 11 is 8.60. The van der Waals surface area contributed by atoms with Crippen LogP contribution in [-0.2, 0) is 0 Å². The van der Waals surface area contributed by atoms with Crippen LogP contribution >= 0.6 is 28.1 Å². The number of amides is 1. The Morgan fingerprint density at radius 3 is 2.52 bits per heavy atom. The number of rotatable bonds is 7. The van der Waals surface area contributed by atoms with Crippen molar-refractivity contribution in [2.75, 3.05) is 18.5 Å². The van der Waals surface area contributed by atoms with Gasteiger partial charge >= 0.3 is 0 Å². The third-order valence-electron chi connectivity index (χ3n) is 3.31. The average molecular weight is 449 g/mol. The van der Waals surface area contributed by atoms with Gasteiger partial charge in [-0.2, -0.15) is 0 Å². The molecule has 27 heavy (non-hydrogen) atoms. The van der Waals surface area contributed by atoms with Crippen molar-refractivity contribution < 1.29 is 14.3 Å². The molecule has 2 rings (SSSR count). The van der Waals surface area contributed by atoms with Crippen LogP contribution in [0.15, 0.2) is 59.1 Å². The van der Waals surface area contributed by atoms with Gasteiger partial charge in [0.15, 0.2) is 5.11 Å². The summed E-state index contributed by atoms with van der Waals surface area (Å²) < 4.78 is 11.8. The van der Waals surface area contributed by atoms with Crippen molar-refractivity contribution in [2.45, 2.75) is 13.8 Å². The Balaban J connectivity index is 1.98. The van der Waals surface area contributed by atoms with E-state index >= 15 is 0 Å². The second kappa shape index (κ2) is 10.1. The van der Waals surface area contributed by atoms with E-state index in [0.717, 1.165) is 21.5 Å². The quantitative estimate of drug-likeness (QED) is 0.464. The predicted octanol–water partition coefficient (Wildman–Crippen LogP) is 4.93. The zero-order chi connectivity index (χ0) is 19.8. The zero-order valence-corrected chi connectivity index (χ0v) is 17.6. The van der Waals surface area contributed by atoms with E-state index in [1.165, 1.54) is 0 Å². The SMILES string of the molecule is C=C(C)COc1ccc(NC(=S)NC(=O)c2cc(Br)ccc2OCC)cc1. The minimum atomic E-state index is -0.348. The number of anilines is 1. The van der Waals surface area contributed by atoms with Crippen LogP contribution in [0.25, 0.3) is 0 Å². The van der Waals surface area contributed by atoms with Gasteiger partial charge in [-0.1, -0.05) is 22.5 Å². The molecule has 142 valence electrons. The van der Waals surface area contributed by atoms with Crippen molar-refractivity contribution in [2.24, 2.45) is 0 Å². The highest BCUT2D eigenvalue weighted by molar-refractivity contribution is 9.10. The molecular formula is C20H21BrN2O3S. The first-order valence-corrected chi connectivity index (χ1v) is 9.51. The third-order valence-corrected chi connectivity index (χ3v) is 4.01. The van der Waals surface area contributed by atoms with Crippen LogP contribution in [0.3, 0.4) is 0 Å². The lowest BCUT2D eigenvalue weighted by Crippen LogP contribution is -2.34. The Bertz CT molecular complexity index is 838. The maximum atomic E-state index is 12.5. The summed E-state index contributed by atoms with van der Waals surface area (Å²) in [6, 6.07) is 12.5. The third kappa shape index (κ3) is 6.69. The molecule has 7 heteroatoms. The van der Waals surface area contributed by atoms with Crippen LogP contribution in [-0.4, -0.2) is 24.2 Å². The van der Waals surface area contributed by atoms with Crippen molar-refractivity contribution in [3.05, 3.63) is 64.7 Å². The van der Waals surface area contributed by atoms with Crippen LogP contribution in [0.5, 0.6) is 11.5 Å². The molecule has 0 aromatic heterocycles. The maximum Gasteiger partial charge on any atom is 0.261 e. The van der Waals surface area contributed by atoms with Crippen molar-refractivity contribution in [3.63, 3.8) is 0 Å². The molecular weight excluding hydrogens is 428 g/mol. The molecule has 2 aromatic rings. The van der Waals surface area contributed by atoms with E-state index in [1.807, 2.05) is 44.2 Å². The Morgan fingerprint density at radius 2 is 1.89 bits per heavy atom. The van der Waals surface area contributed by atoms with Crippen LogP contribution in [0.2, 0.25) is 0 Å². The summed E-state index contributed by atoms with van der Waals surface area (Å²) in [7, 11) is 0. The largest absolute Gasteiger partial charge is 0.493 e. The van der Waals surface area contributed by atoms with E-state index < -0.39 is 0 Å². The first-order chi connectivity index (χ1) is 12.9. The smallest absolute Gasteiger partial charge is 0.261 e. The van der Waals surface area contributed by atoms with E-state index in [-0.39, 0.29) is 11.0 Å². The molecule has 0 saturated heterocycles. The molecule has 0 aliphatic rings.